The van der Waals surface area contributed by atoms with Crippen LogP contribution in [0.2, 0.25) is 0 Å². The predicted molar refractivity (Wildman–Crippen MR) is 46.2 cm³/mol. The van der Waals surface area contributed by atoms with Gasteiger partial charge in [0.25, 0.3) is 0 Å². The molecule has 3 rings (SSSR count). The molecule has 4 heteroatoms. The van der Waals surface area contributed by atoms with E-state index in [1.807, 2.05) is 6.07 Å². The molecule has 0 amide bonds. The quantitative estimate of drug-likeness (QED) is 0.602. The number of fused-ring (bicyclic) bond motifs is 2. The normalized spacial score (nSPS) is 16.9. The molecular weight excluding hydrogens is 170 g/mol. The smallest absolute Gasteiger partial charge is 0.231 e. The number of benzene rings is 1. The number of ether oxygens (including phenoxy) is 3. The highest BCUT2D eigenvalue weighted by Gasteiger charge is 2.26. The minimum absolute atomic E-state index is 0.252. The molecule has 1 aromatic carbocycles. The van der Waals surface area contributed by atoms with Crippen molar-refractivity contribution in [1.82, 2.24) is 0 Å². The molecule has 0 fully saturated rings. The summed E-state index contributed by atoms with van der Waals surface area (Å²) in [5.41, 5.74) is 7.54. The monoisotopic (exact) mass is 179 g/mol. The molecule has 2 aliphatic heterocycles. The van der Waals surface area contributed by atoms with Crippen LogP contribution in [0.25, 0.3) is 0 Å². The summed E-state index contributed by atoms with van der Waals surface area (Å²) in [6, 6.07) is 1.95. The Balaban J connectivity index is 2.26. The molecule has 0 bridgehead atoms. The van der Waals surface area contributed by atoms with E-state index in [0.717, 1.165) is 23.5 Å². The van der Waals surface area contributed by atoms with Gasteiger partial charge in [0.05, 0.1) is 6.61 Å². The topological polar surface area (TPSA) is 53.7 Å². The van der Waals surface area contributed by atoms with Gasteiger partial charge in [0.15, 0.2) is 11.5 Å². The molecule has 2 N–H and O–H groups in total. The van der Waals surface area contributed by atoms with Crippen molar-refractivity contribution in [2.75, 3.05) is 19.1 Å². The van der Waals surface area contributed by atoms with Crippen LogP contribution in [0.3, 0.4) is 0 Å². The number of hydrogen-bond donors (Lipinski definition) is 1. The average molecular weight is 179 g/mol. The Bertz CT molecular complexity index is 343. The van der Waals surface area contributed by atoms with E-state index in [1.54, 1.807) is 0 Å². The fourth-order valence-corrected chi connectivity index (χ4v) is 1.73. The van der Waals surface area contributed by atoms with Gasteiger partial charge in [-0.3, -0.25) is 0 Å². The van der Waals surface area contributed by atoms with Gasteiger partial charge in [-0.25, -0.2) is 0 Å². The Labute approximate surface area is 75.2 Å². The van der Waals surface area contributed by atoms with Gasteiger partial charge in [-0.15, -0.1) is 0 Å². The molecule has 2 aliphatic rings. The Morgan fingerprint density at radius 3 is 3.00 bits per heavy atom. The molecular formula is C9H9NO3. The lowest BCUT2D eigenvalue weighted by Crippen LogP contribution is -1.96. The minimum atomic E-state index is 0.252. The van der Waals surface area contributed by atoms with E-state index >= 15 is 0 Å². The fraction of sp³-hybridized carbons (Fsp3) is 0.333. The van der Waals surface area contributed by atoms with Crippen LogP contribution in [-0.2, 0) is 6.42 Å². The largest absolute Gasteiger partial charge is 0.491 e. The minimum Gasteiger partial charge on any atom is -0.491 e. The van der Waals surface area contributed by atoms with E-state index in [1.165, 1.54) is 0 Å². The lowest BCUT2D eigenvalue weighted by atomic mass is 10.1. The summed E-state index contributed by atoms with van der Waals surface area (Å²) in [6.45, 7) is 0.949. The van der Waals surface area contributed by atoms with Gasteiger partial charge in [0.2, 0.25) is 6.79 Å². The summed E-state index contributed by atoms with van der Waals surface area (Å²) in [4.78, 5) is 0. The molecule has 0 saturated carbocycles. The number of nitrogen functional groups attached to an aromatic ring is 1. The third-order valence-electron chi connectivity index (χ3n) is 2.35. The average Bonchev–Trinajstić information content (AvgIpc) is 2.71. The van der Waals surface area contributed by atoms with Gasteiger partial charge in [-0.1, -0.05) is 0 Å². The van der Waals surface area contributed by atoms with Gasteiger partial charge < -0.3 is 19.9 Å². The van der Waals surface area contributed by atoms with Crippen molar-refractivity contribution in [3.63, 3.8) is 0 Å². The zero-order valence-electron chi connectivity index (χ0n) is 7.00. The SMILES string of the molecule is Nc1c2c(cc3c1OCO3)CCO2. The zero-order chi connectivity index (χ0) is 8.84. The van der Waals surface area contributed by atoms with Crippen molar-refractivity contribution < 1.29 is 14.2 Å². The Hall–Kier alpha value is -1.58. The molecule has 0 aliphatic carbocycles. The number of hydrogen-bond acceptors (Lipinski definition) is 4. The third kappa shape index (κ3) is 0.798. The second kappa shape index (κ2) is 2.22. The van der Waals surface area contributed by atoms with Crippen molar-refractivity contribution >= 4 is 5.69 Å². The van der Waals surface area contributed by atoms with E-state index in [-0.39, 0.29) is 6.79 Å². The molecule has 13 heavy (non-hydrogen) atoms. The zero-order valence-corrected chi connectivity index (χ0v) is 7.00. The molecule has 1 aromatic rings. The molecule has 4 nitrogen and oxygen atoms in total. The highest BCUT2D eigenvalue weighted by Crippen LogP contribution is 2.47. The summed E-state index contributed by atoms with van der Waals surface area (Å²) in [7, 11) is 0. The molecule has 0 atom stereocenters. The summed E-state index contributed by atoms with van der Waals surface area (Å²) in [6.07, 6.45) is 0.899. The Morgan fingerprint density at radius 1 is 1.15 bits per heavy atom. The van der Waals surface area contributed by atoms with Crippen molar-refractivity contribution in [2.24, 2.45) is 0 Å². The molecule has 0 unspecified atom stereocenters. The molecule has 0 aromatic heterocycles. The lowest BCUT2D eigenvalue weighted by Gasteiger charge is -2.06. The second-order valence-corrected chi connectivity index (χ2v) is 3.11. The van der Waals surface area contributed by atoms with Gasteiger partial charge in [-0.05, 0) is 6.07 Å². The van der Waals surface area contributed by atoms with Crippen LogP contribution < -0.4 is 19.9 Å². The van der Waals surface area contributed by atoms with E-state index < -0.39 is 0 Å². The highest BCUT2D eigenvalue weighted by atomic mass is 16.7. The van der Waals surface area contributed by atoms with Crippen molar-refractivity contribution in [3.05, 3.63) is 11.6 Å². The summed E-state index contributed by atoms with van der Waals surface area (Å²) in [5, 5.41) is 0. The van der Waals surface area contributed by atoms with Gasteiger partial charge in [0, 0.05) is 12.0 Å². The fourth-order valence-electron chi connectivity index (χ4n) is 1.73. The van der Waals surface area contributed by atoms with E-state index in [0.29, 0.717) is 18.0 Å². The first-order valence-corrected chi connectivity index (χ1v) is 4.20. The molecule has 0 radical (unpaired) electrons. The van der Waals surface area contributed by atoms with E-state index in [9.17, 15) is 0 Å². The van der Waals surface area contributed by atoms with Crippen LogP contribution in [0, 0.1) is 0 Å². The van der Waals surface area contributed by atoms with Crippen LogP contribution in [0.1, 0.15) is 5.56 Å². The third-order valence-corrected chi connectivity index (χ3v) is 2.35. The first kappa shape index (κ1) is 6.88. The number of nitrogens with two attached hydrogens (primary N) is 1. The maximum absolute atomic E-state index is 5.86. The van der Waals surface area contributed by atoms with Gasteiger partial charge in [-0.2, -0.15) is 0 Å². The van der Waals surface area contributed by atoms with Gasteiger partial charge in [0.1, 0.15) is 11.4 Å². The highest BCUT2D eigenvalue weighted by molar-refractivity contribution is 5.72. The first-order valence-electron chi connectivity index (χ1n) is 4.20. The summed E-state index contributed by atoms with van der Waals surface area (Å²) in [5.74, 6) is 2.13. The van der Waals surface area contributed by atoms with Crippen molar-refractivity contribution in [2.45, 2.75) is 6.42 Å². The van der Waals surface area contributed by atoms with Gasteiger partial charge >= 0.3 is 0 Å². The Morgan fingerprint density at radius 2 is 2.08 bits per heavy atom. The molecule has 68 valence electrons. The lowest BCUT2D eigenvalue weighted by molar-refractivity contribution is 0.174. The van der Waals surface area contributed by atoms with Crippen LogP contribution >= 0.6 is 0 Å². The van der Waals surface area contributed by atoms with Crippen molar-refractivity contribution in [3.8, 4) is 17.2 Å². The number of rotatable bonds is 0. The van der Waals surface area contributed by atoms with Crippen LogP contribution in [0.4, 0.5) is 5.69 Å². The van der Waals surface area contributed by atoms with Crippen molar-refractivity contribution in [1.29, 1.82) is 0 Å². The van der Waals surface area contributed by atoms with Crippen LogP contribution in [0.15, 0.2) is 6.07 Å². The number of anilines is 1. The van der Waals surface area contributed by atoms with Crippen LogP contribution in [-0.4, -0.2) is 13.4 Å². The maximum atomic E-state index is 5.86. The summed E-state index contributed by atoms with van der Waals surface area (Å²) < 4.78 is 15.9. The molecule has 2 heterocycles. The second-order valence-electron chi connectivity index (χ2n) is 3.11. The standard InChI is InChI=1S/C9H9NO3/c10-7-8-5(1-2-11-8)3-6-9(7)13-4-12-6/h3H,1-2,4,10H2. The predicted octanol–water partition coefficient (Wildman–Crippen LogP) is 0.932. The van der Waals surface area contributed by atoms with E-state index in [2.05, 4.69) is 0 Å². The molecule has 0 spiro atoms. The summed E-state index contributed by atoms with van der Waals surface area (Å²) >= 11 is 0. The Kier molecular flexibility index (Phi) is 1.17. The first-order chi connectivity index (χ1) is 6.36. The van der Waals surface area contributed by atoms with E-state index in [4.69, 9.17) is 19.9 Å². The van der Waals surface area contributed by atoms with Crippen LogP contribution in [0.5, 0.6) is 17.2 Å². The molecule has 0 saturated heterocycles. The maximum Gasteiger partial charge on any atom is 0.231 e.